The first kappa shape index (κ1) is 15.7. The number of hydrogen-bond acceptors (Lipinski definition) is 8. The molecular formula is C13H24N6O2. The maximum absolute atomic E-state index is 5.75. The Morgan fingerprint density at radius 3 is 2.52 bits per heavy atom. The first-order chi connectivity index (χ1) is 9.88. The van der Waals surface area contributed by atoms with Crippen LogP contribution in [0.1, 0.15) is 13.8 Å². The largest absolute Gasteiger partial charge is 0.461 e. The molecule has 8 nitrogen and oxygen atoms in total. The number of ether oxygens (including phenoxy) is 2. The lowest BCUT2D eigenvalue weighted by Crippen LogP contribution is -2.43. The summed E-state index contributed by atoms with van der Waals surface area (Å²) >= 11 is 0. The van der Waals surface area contributed by atoms with Crippen molar-refractivity contribution in [3.05, 3.63) is 0 Å². The lowest BCUT2D eigenvalue weighted by atomic mass is 10.1. The SMILES string of the molecule is CN(C)C(C)(C)COc1nc(N)nc(N2CCOCC2)n1. The summed E-state index contributed by atoms with van der Waals surface area (Å²) in [6, 6.07) is 0.263. The molecule has 1 saturated heterocycles. The molecule has 0 unspecified atom stereocenters. The second kappa shape index (κ2) is 6.40. The third-order valence-corrected chi connectivity index (χ3v) is 3.68. The Morgan fingerprint density at radius 1 is 1.24 bits per heavy atom. The summed E-state index contributed by atoms with van der Waals surface area (Å²) in [5, 5.41) is 0. The fraction of sp³-hybridized carbons (Fsp3) is 0.769. The number of hydrogen-bond donors (Lipinski definition) is 1. The van der Waals surface area contributed by atoms with Gasteiger partial charge in [-0.1, -0.05) is 0 Å². The fourth-order valence-electron chi connectivity index (χ4n) is 1.70. The summed E-state index contributed by atoms with van der Waals surface area (Å²) in [7, 11) is 4.01. The molecule has 1 aromatic heterocycles. The lowest BCUT2D eigenvalue weighted by Gasteiger charge is -2.31. The van der Waals surface area contributed by atoms with Crippen LogP contribution in [0.5, 0.6) is 6.01 Å². The summed E-state index contributed by atoms with van der Waals surface area (Å²) in [6.07, 6.45) is 0. The summed E-state index contributed by atoms with van der Waals surface area (Å²) in [6.45, 7) is 7.44. The lowest BCUT2D eigenvalue weighted by molar-refractivity contribution is 0.107. The molecular weight excluding hydrogens is 272 g/mol. The van der Waals surface area contributed by atoms with E-state index in [9.17, 15) is 0 Å². The molecule has 1 aliphatic heterocycles. The van der Waals surface area contributed by atoms with Crippen LogP contribution in [-0.2, 0) is 4.74 Å². The maximum atomic E-state index is 5.75. The van der Waals surface area contributed by atoms with Crippen LogP contribution in [0.3, 0.4) is 0 Å². The first-order valence-corrected chi connectivity index (χ1v) is 7.03. The van der Waals surface area contributed by atoms with Crippen molar-refractivity contribution in [3.63, 3.8) is 0 Å². The van der Waals surface area contributed by atoms with E-state index in [0.29, 0.717) is 25.8 Å². The molecule has 2 N–H and O–H groups in total. The molecule has 2 rings (SSSR count). The van der Waals surface area contributed by atoms with E-state index >= 15 is 0 Å². The van der Waals surface area contributed by atoms with E-state index in [1.807, 2.05) is 19.0 Å². The van der Waals surface area contributed by atoms with E-state index < -0.39 is 0 Å². The molecule has 0 radical (unpaired) electrons. The van der Waals surface area contributed by atoms with Gasteiger partial charge in [-0.2, -0.15) is 15.0 Å². The average Bonchev–Trinajstić information content (AvgIpc) is 2.45. The highest BCUT2D eigenvalue weighted by molar-refractivity contribution is 5.36. The zero-order valence-corrected chi connectivity index (χ0v) is 13.2. The van der Waals surface area contributed by atoms with Gasteiger partial charge in [-0.25, -0.2) is 0 Å². The molecule has 2 heterocycles. The Hall–Kier alpha value is -1.67. The molecule has 0 bridgehead atoms. The monoisotopic (exact) mass is 296 g/mol. The number of anilines is 2. The van der Waals surface area contributed by atoms with Crippen molar-refractivity contribution in [1.82, 2.24) is 19.9 Å². The second-order valence-electron chi connectivity index (χ2n) is 5.87. The van der Waals surface area contributed by atoms with Gasteiger partial charge in [-0.15, -0.1) is 0 Å². The van der Waals surface area contributed by atoms with Gasteiger partial charge in [0.1, 0.15) is 6.61 Å². The Balaban J connectivity index is 2.08. The highest BCUT2D eigenvalue weighted by Crippen LogP contribution is 2.17. The van der Waals surface area contributed by atoms with Gasteiger partial charge in [0.15, 0.2) is 0 Å². The highest BCUT2D eigenvalue weighted by atomic mass is 16.5. The molecule has 0 amide bonds. The number of aromatic nitrogens is 3. The smallest absolute Gasteiger partial charge is 0.323 e. The van der Waals surface area contributed by atoms with Crippen LogP contribution in [0, 0.1) is 0 Å². The number of nitrogen functional groups attached to an aromatic ring is 1. The third kappa shape index (κ3) is 4.15. The first-order valence-electron chi connectivity index (χ1n) is 7.03. The standard InChI is InChI=1S/C13H24N6O2/c1-13(2,18(3)4)9-21-12-16-10(14)15-11(17-12)19-5-7-20-8-6-19/h5-9H2,1-4H3,(H2,14,15,16,17). The molecule has 0 saturated carbocycles. The van der Waals surface area contributed by atoms with Gasteiger partial charge in [-0.3, -0.25) is 0 Å². The quantitative estimate of drug-likeness (QED) is 0.812. The van der Waals surface area contributed by atoms with E-state index in [4.69, 9.17) is 15.2 Å². The summed E-state index contributed by atoms with van der Waals surface area (Å²) < 4.78 is 11.0. The Kier molecular flexibility index (Phi) is 4.79. The van der Waals surface area contributed by atoms with Gasteiger partial charge in [-0.05, 0) is 27.9 Å². The summed E-state index contributed by atoms with van der Waals surface area (Å²) in [4.78, 5) is 16.7. The molecule has 0 aliphatic carbocycles. The van der Waals surface area contributed by atoms with Crippen molar-refractivity contribution in [2.75, 3.05) is 57.6 Å². The summed E-state index contributed by atoms with van der Waals surface area (Å²) in [5.74, 6) is 0.715. The van der Waals surface area contributed by atoms with Gasteiger partial charge in [0.05, 0.1) is 13.2 Å². The molecule has 1 fully saturated rings. The fourth-order valence-corrected chi connectivity index (χ4v) is 1.70. The molecule has 0 spiro atoms. The predicted molar refractivity (Wildman–Crippen MR) is 80.5 cm³/mol. The van der Waals surface area contributed by atoms with Crippen LogP contribution in [0.15, 0.2) is 0 Å². The number of nitrogens with two attached hydrogens (primary N) is 1. The van der Waals surface area contributed by atoms with Crippen LogP contribution >= 0.6 is 0 Å². The molecule has 1 aliphatic rings. The van der Waals surface area contributed by atoms with E-state index in [-0.39, 0.29) is 17.5 Å². The van der Waals surface area contributed by atoms with Gasteiger partial charge in [0.2, 0.25) is 11.9 Å². The number of likely N-dealkylation sites (N-methyl/N-ethyl adjacent to an activating group) is 1. The Morgan fingerprint density at radius 2 is 1.90 bits per heavy atom. The van der Waals surface area contributed by atoms with Crippen molar-refractivity contribution >= 4 is 11.9 Å². The van der Waals surface area contributed by atoms with Crippen molar-refractivity contribution in [1.29, 1.82) is 0 Å². The van der Waals surface area contributed by atoms with Gasteiger partial charge in [0.25, 0.3) is 0 Å². The predicted octanol–water partition coefficient (Wildman–Crippen LogP) is 0.00940. The van der Waals surface area contributed by atoms with Crippen molar-refractivity contribution in [2.45, 2.75) is 19.4 Å². The van der Waals surface area contributed by atoms with Gasteiger partial charge < -0.3 is 25.0 Å². The Bertz CT molecular complexity index is 474. The van der Waals surface area contributed by atoms with Crippen molar-refractivity contribution < 1.29 is 9.47 Å². The maximum Gasteiger partial charge on any atom is 0.323 e. The average molecular weight is 296 g/mol. The zero-order valence-electron chi connectivity index (χ0n) is 13.2. The minimum absolute atomic E-state index is 0.124. The molecule has 118 valence electrons. The molecule has 8 heteroatoms. The van der Waals surface area contributed by atoms with Crippen LogP contribution in [0.2, 0.25) is 0 Å². The molecule has 1 aromatic rings. The second-order valence-corrected chi connectivity index (χ2v) is 5.87. The van der Waals surface area contributed by atoms with Crippen LogP contribution in [0.25, 0.3) is 0 Å². The minimum Gasteiger partial charge on any atom is -0.461 e. The third-order valence-electron chi connectivity index (χ3n) is 3.68. The highest BCUT2D eigenvalue weighted by Gasteiger charge is 2.23. The van der Waals surface area contributed by atoms with Gasteiger partial charge >= 0.3 is 6.01 Å². The van der Waals surface area contributed by atoms with Gasteiger partial charge in [0, 0.05) is 18.6 Å². The number of morpholine rings is 1. The Labute approximate surface area is 125 Å². The van der Waals surface area contributed by atoms with E-state index in [2.05, 4.69) is 33.7 Å². The normalized spacial score (nSPS) is 16.3. The number of rotatable bonds is 5. The van der Waals surface area contributed by atoms with Crippen LogP contribution < -0.4 is 15.4 Å². The minimum atomic E-state index is -0.124. The van der Waals surface area contributed by atoms with E-state index in [0.717, 1.165) is 13.1 Å². The molecule has 0 aromatic carbocycles. The van der Waals surface area contributed by atoms with Crippen LogP contribution in [-0.4, -0.2) is 72.4 Å². The number of nitrogens with zero attached hydrogens (tertiary/aromatic N) is 5. The molecule has 21 heavy (non-hydrogen) atoms. The van der Waals surface area contributed by atoms with Crippen LogP contribution in [0.4, 0.5) is 11.9 Å². The van der Waals surface area contributed by atoms with E-state index in [1.54, 1.807) is 0 Å². The van der Waals surface area contributed by atoms with E-state index in [1.165, 1.54) is 0 Å². The zero-order chi connectivity index (χ0) is 15.5. The topological polar surface area (TPSA) is 89.6 Å². The van der Waals surface area contributed by atoms with Crippen molar-refractivity contribution in [3.8, 4) is 6.01 Å². The summed E-state index contributed by atoms with van der Waals surface area (Å²) in [5.41, 5.74) is 5.63. The van der Waals surface area contributed by atoms with Crippen molar-refractivity contribution in [2.24, 2.45) is 0 Å². The molecule has 0 atom stereocenters.